The van der Waals surface area contributed by atoms with Crippen molar-refractivity contribution in [1.29, 1.82) is 5.26 Å². The molecule has 5 heteroatoms. The lowest BCUT2D eigenvalue weighted by Crippen LogP contribution is -2.37. The molecular formula is C12H13NO4. The molecule has 0 radical (unpaired) electrons. The van der Waals surface area contributed by atoms with Gasteiger partial charge in [-0.05, 0) is 12.2 Å². The van der Waals surface area contributed by atoms with Gasteiger partial charge < -0.3 is 14.6 Å². The van der Waals surface area contributed by atoms with Crippen LogP contribution in [0.5, 0.6) is 0 Å². The number of nitrogens with zero attached hydrogens (tertiary/aromatic N) is 1. The number of hydrogen-bond donors (Lipinski definition) is 1. The molecule has 1 aliphatic rings. The molecule has 5 nitrogen and oxygen atoms in total. The van der Waals surface area contributed by atoms with Crippen molar-refractivity contribution in [2.75, 3.05) is 14.2 Å². The molecule has 0 aromatic carbocycles. The minimum absolute atomic E-state index is 0.173. The highest BCUT2D eigenvalue weighted by molar-refractivity contribution is 5.92. The van der Waals surface area contributed by atoms with Gasteiger partial charge in [0.2, 0.25) is 0 Å². The van der Waals surface area contributed by atoms with Crippen LogP contribution in [0.15, 0.2) is 36.0 Å². The van der Waals surface area contributed by atoms with E-state index in [4.69, 9.17) is 10.00 Å². The summed E-state index contributed by atoms with van der Waals surface area (Å²) in [6.07, 6.45) is 7.71. The number of allylic oxidation sites excluding steroid dienone is 2. The molecule has 0 aliphatic heterocycles. The van der Waals surface area contributed by atoms with Gasteiger partial charge in [-0.1, -0.05) is 18.2 Å². The third-order valence-electron chi connectivity index (χ3n) is 2.44. The Balaban J connectivity index is 3.04. The van der Waals surface area contributed by atoms with Crippen molar-refractivity contribution in [3.05, 3.63) is 36.0 Å². The second kappa shape index (κ2) is 5.43. The van der Waals surface area contributed by atoms with Crippen molar-refractivity contribution in [1.82, 2.24) is 0 Å². The Morgan fingerprint density at radius 3 is 2.76 bits per heavy atom. The highest BCUT2D eigenvalue weighted by Gasteiger charge is 2.33. The predicted octanol–water partition coefficient (Wildman–Crippen LogP) is 0.687. The maximum absolute atomic E-state index is 11.2. The largest absolute Gasteiger partial charge is 0.465 e. The molecule has 1 N–H and O–H groups in total. The van der Waals surface area contributed by atoms with Crippen LogP contribution < -0.4 is 0 Å². The fourth-order valence-corrected chi connectivity index (χ4v) is 1.45. The van der Waals surface area contributed by atoms with Gasteiger partial charge in [-0.15, -0.1) is 0 Å². The molecular weight excluding hydrogens is 222 g/mol. The van der Waals surface area contributed by atoms with Crippen LogP contribution in [0, 0.1) is 17.2 Å². The van der Waals surface area contributed by atoms with E-state index in [0.29, 0.717) is 0 Å². The van der Waals surface area contributed by atoms with E-state index in [1.807, 2.05) is 0 Å². The molecule has 0 saturated heterocycles. The second-order valence-corrected chi connectivity index (χ2v) is 3.41. The number of hydrogen-bond acceptors (Lipinski definition) is 5. The monoisotopic (exact) mass is 235 g/mol. The van der Waals surface area contributed by atoms with Crippen molar-refractivity contribution in [3.63, 3.8) is 0 Å². The number of nitriles is 1. The fourth-order valence-electron chi connectivity index (χ4n) is 1.45. The van der Waals surface area contributed by atoms with E-state index in [1.165, 1.54) is 26.4 Å². The van der Waals surface area contributed by atoms with E-state index in [1.54, 1.807) is 24.3 Å². The van der Waals surface area contributed by atoms with Crippen molar-refractivity contribution < 1.29 is 19.4 Å². The predicted molar refractivity (Wildman–Crippen MR) is 59.4 cm³/mol. The Morgan fingerprint density at radius 1 is 1.53 bits per heavy atom. The van der Waals surface area contributed by atoms with Crippen LogP contribution in [0.3, 0.4) is 0 Å². The lowest BCUT2D eigenvalue weighted by molar-refractivity contribution is -0.163. The van der Waals surface area contributed by atoms with Crippen LogP contribution in [-0.4, -0.2) is 31.1 Å². The Labute approximate surface area is 99.3 Å². The van der Waals surface area contributed by atoms with Gasteiger partial charge in [-0.2, -0.15) is 5.26 Å². The lowest BCUT2D eigenvalue weighted by atomic mass is 9.92. The van der Waals surface area contributed by atoms with Crippen LogP contribution in [0.1, 0.15) is 0 Å². The minimum atomic E-state index is -1.55. The molecule has 17 heavy (non-hydrogen) atoms. The maximum Gasteiger partial charge on any atom is 0.348 e. The van der Waals surface area contributed by atoms with E-state index in [2.05, 4.69) is 4.74 Å². The summed E-state index contributed by atoms with van der Waals surface area (Å²) in [6, 6.07) is 1.72. The highest BCUT2D eigenvalue weighted by Crippen LogP contribution is 2.27. The van der Waals surface area contributed by atoms with Crippen LogP contribution in [0.2, 0.25) is 0 Å². The van der Waals surface area contributed by atoms with Crippen LogP contribution >= 0.6 is 0 Å². The van der Waals surface area contributed by atoms with Gasteiger partial charge >= 0.3 is 5.97 Å². The summed E-state index contributed by atoms with van der Waals surface area (Å²) in [5.74, 6) is -2.91. The topological polar surface area (TPSA) is 79.6 Å². The first-order chi connectivity index (χ1) is 8.07. The normalized spacial score (nSPS) is 27.6. The molecule has 0 heterocycles. The molecule has 90 valence electrons. The lowest BCUT2D eigenvalue weighted by Gasteiger charge is -2.30. The molecule has 2 unspecified atom stereocenters. The van der Waals surface area contributed by atoms with E-state index >= 15 is 0 Å². The maximum atomic E-state index is 11.2. The van der Waals surface area contributed by atoms with Crippen molar-refractivity contribution in [3.8, 4) is 6.07 Å². The molecule has 0 fully saturated rings. The summed E-state index contributed by atoms with van der Waals surface area (Å²) in [6.45, 7) is 0. The number of esters is 1. The van der Waals surface area contributed by atoms with Crippen molar-refractivity contribution in [2.45, 2.75) is 5.79 Å². The minimum Gasteiger partial charge on any atom is -0.465 e. The third-order valence-corrected chi connectivity index (χ3v) is 2.44. The van der Waals surface area contributed by atoms with Gasteiger partial charge in [0.05, 0.1) is 13.0 Å². The first-order valence-corrected chi connectivity index (χ1v) is 4.91. The summed E-state index contributed by atoms with van der Waals surface area (Å²) < 4.78 is 9.41. The van der Waals surface area contributed by atoms with Gasteiger partial charge in [0.15, 0.2) is 5.79 Å². The summed E-state index contributed by atoms with van der Waals surface area (Å²) in [7, 11) is 2.53. The third kappa shape index (κ3) is 2.81. The van der Waals surface area contributed by atoms with E-state index in [0.717, 1.165) is 0 Å². The number of aliphatic hydroxyl groups is 1. The average molecular weight is 235 g/mol. The molecule has 0 saturated carbocycles. The van der Waals surface area contributed by atoms with Crippen LogP contribution in [0.4, 0.5) is 0 Å². The molecule has 0 amide bonds. The summed E-state index contributed by atoms with van der Waals surface area (Å²) in [5.41, 5.74) is -0.173. The Kier molecular flexibility index (Phi) is 4.21. The fraction of sp³-hybridized carbons (Fsp3) is 0.333. The van der Waals surface area contributed by atoms with Crippen LogP contribution in [-0.2, 0) is 14.3 Å². The standard InChI is InChI=1S/C12H13NO4/c1-16-11(14)9(8-13)7-10-5-3-4-6-12(10,15)17-2/h3-7,10,15H,1-2H3. The first kappa shape index (κ1) is 13.2. The summed E-state index contributed by atoms with van der Waals surface area (Å²) in [4.78, 5) is 11.2. The Bertz CT molecular complexity index is 430. The molecule has 0 aromatic rings. The number of rotatable bonds is 3. The van der Waals surface area contributed by atoms with Crippen molar-refractivity contribution >= 4 is 5.97 Å². The zero-order chi connectivity index (χ0) is 12.9. The van der Waals surface area contributed by atoms with E-state index < -0.39 is 17.7 Å². The van der Waals surface area contributed by atoms with Crippen molar-refractivity contribution in [2.24, 2.45) is 5.92 Å². The Morgan fingerprint density at radius 2 is 2.24 bits per heavy atom. The number of methoxy groups -OCH3 is 2. The van der Waals surface area contributed by atoms with Gasteiger partial charge in [-0.3, -0.25) is 0 Å². The van der Waals surface area contributed by atoms with Gasteiger partial charge in [0.1, 0.15) is 11.6 Å². The number of carbonyl (C=O) groups excluding carboxylic acids is 1. The van der Waals surface area contributed by atoms with Gasteiger partial charge in [-0.25, -0.2) is 4.79 Å². The summed E-state index contributed by atoms with van der Waals surface area (Å²) >= 11 is 0. The van der Waals surface area contributed by atoms with Gasteiger partial charge in [0.25, 0.3) is 0 Å². The number of carbonyl (C=O) groups is 1. The molecule has 1 rings (SSSR count). The molecule has 1 aliphatic carbocycles. The second-order valence-electron chi connectivity index (χ2n) is 3.41. The molecule has 0 aromatic heterocycles. The highest BCUT2D eigenvalue weighted by atomic mass is 16.6. The zero-order valence-corrected chi connectivity index (χ0v) is 9.58. The first-order valence-electron chi connectivity index (χ1n) is 4.91. The SMILES string of the molecule is COC(=O)C(C#N)=CC1C=CC=CC1(O)OC. The molecule has 0 bridgehead atoms. The van der Waals surface area contributed by atoms with E-state index in [-0.39, 0.29) is 5.57 Å². The van der Waals surface area contributed by atoms with Crippen LogP contribution in [0.25, 0.3) is 0 Å². The zero-order valence-electron chi connectivity index (χ0n) is 9.58. The Hall–Kier alpha value is -1.90. The number of ether oxygens (including phenoxy) is 2. The molecule has 2 atom stereocenters. The van der Waals surface area contributed by atoms with Gasteiger partial charge in [0, 0.05) is 7.11 Å². The smallest absolute Gasteiger partial charge is 0.348 e. The quantitative estimate of drug-likeness (QED) is 0.337. The summed E-state index contributed by atoms with van der Waals surface area (Å²) in [5, 5.41) is 18.9. The van der Waals surface area contributed by atoms with E-state index in [9.17, 15) is 9.90 Å². The average Bonchev–Trinajstić information content (AvgIpc) is 2.37. The molecule has 0 spiro atoms.